The molecule has 0 aliphatic heterocycles. The Kier molecular flexibility index (Phi) is 3.40. The van der Waals surface area contributed by atoms with Gasteiger partial charge < -0.3 is 0 Å². The summed E-state index contributed by atoms with van der Waals surface area (Å²) in [6.45, 7) is 4.06. The highest BCUT2D eigenvalue weighted by atomic mass is 32.2. The lowest BCUT2D eigenvalue weighted by Gasteiger charge is -2.05. The lowest BCUT2D eigenvalue weighted by Crippen LogP contribution is -2.00. The first-order chi connectivity index (χ1) is 8.20. The van der Waals surface area contributed by atoms with Crippen LogP contribution in [0.3, 0.4) is 0 Å². The molecule has 0 saturated carbocycles. The summed E-state index contributed by atoms with van der Waals surface area (Å²) in [4.78, 5) is 0. The van der Waals surface area contributed by atoms with Gasteiger partial charge in [-0.25, -0.2) is 0 Å². The smallest absolute Gasteiger partial charge is 0.197 e. The van der Waals surface area contributed by atoms with Crippen LogP contribution in [0.25, 0.3) is 5.69 Å². The van der Waals surface area contributed by atoms with Crippen LogP contribution in [0.2, 0.25) is 0 Å². The first-order valence-corrected chi connectivity index (χ1v) is 6.06. The van der Waals surface area contributed by atoms with E-state index in [1.807, 2.05) is 26.0 Å². The van der Waals surface area contributed by atoms with Crippen molar-refractivity contribution >= 4 is 11.8 Å². The fraction of sp³-hybridized carbons (Fsp3) is 0.273. The van der Waals surface area contributed by atoms with Crippen LogP contribution in [0, 0.1) is 25.2 Å². The number of benzene rings is 1. The topological polar surface area (TPSA) is 67.4 Å². The Balaban J connectivity index is 2.39. The lowest BCUT2D eigenvalue weighted by atomic mass is 10.1. The number of aryl methyl sites for hydroxylation is 2. The molecule has 0 N–H and O–H groups in total. The minimum Gasteiger partial charge on any atom is -0.197 e. The van der Waals surface area contributed by atoms with E-state index < -0.39 is 0 Å². The summed E-state index contributed by atoms with van der Waals surface area (Å²) >= 11 is 1.33. The van der Waals surface area contributed by atoms with Gasteiger partial charge >= 0.3 is 0 Å². The summed E-state index contributed by atoms with van der Waals surface area (Å²) in [5, 5.41) is 20.7. The van der Waals surface area contributed by atoms with E-state index in [0.717, 1.165) is 16.8 Å². The molecule has 0 spiro atoms. The second-order valence-corrected chi connectivity index (χ2v) is 4.61. The van der Waals surface area contributed by atoms with Gasteiger partial charge in [-0.05, 0) is 47.5 Å². The first-order valence-electron chi connectivity index (χ1n) is 5.07. The molecule has 0 amide bonds. The quantitative estimate of drug-likeness (QED) is 0.772. The average Bonchev–Trinajstić information content (AvgIpc) is 2.73. The molecule has 1 aromatic heterocycles. The van der Waals surface area contributed by atoms with Crippen LogP contribution >= 0.6 is 11.8 Å². The van der Waals surface area contributed by atoms with Gasteiger partial charge in [-0.2, -0.15) is 9.94 Å². The summed E-state index contributed by atoms with van der Waals surface area (Å²) in [7, 11) is 0. The van der Waals surface area contributed by atoms with Crippen LogP contribution in [0.5, 0.6) is 0 Å². The summed E-state index contributed by atoms with van der Waals surface area (Å²) in [5.41, 5.74) is 3.24. The predicted octanol–water partition coefficient (Wildman–Crippen LogP) is 1.89. The maximum absolute atomic E-state index is 8.57. The van der Waals surface area contributed by atoms with Gasteiger partial charge in [-0.1, -0.05) is 17.8 Å². The van der Waals surface area contributed by atoms with Gasteiger partial charge in [-0.3, -0.25) is 0 Å². The van der Waals surface area contributed by atoms with Crippen molar-refractivity contribution in [3.8, 4) is 11.8 Å². The fourth-order valence-corrected chi connectivity index (χ4v) is 2.15. The maximum atomic E-state index is 8.57. The molecule has 5 nitrogen and oxygen atoms in total. The molecule has 1 aromatic carbocycles. The number of hydrogen-bond donors (Lipinski definition) is 0. The van der Waals surface area contributed by atoms with Crippen molar-refractivity contribution in [1.29, 1.82) is 5.26 Å². The van der Waals surface area contributed by atoms with E-state index in [2.05, 4.69) is 27.7 Å². The third-order valence-corrected chi connectivity index (χ3v) is 2.94. The van der Waals surface area contributed by atoms with E-state index in [4.69, 9.17) is 5.26 Å². The maximum Gasteiger partial charge on any atom is 0.215 e. The van der Waals surface area contributed by atoms with Crippen molar-refractivity contribution < 1.29 is 0 Å². The van der Waals surface area contributed by atoms with Crippen LogP contribution < -0.4 is 0 Å². The molecule has 0 fully saturated rings. The molecular weight excluding hydrogens is 234 g/mol. The second-order valence-electron chi connectivity index (χ2n) is 3.67. The lowest BCUT2D eigenvalue weighted by molar-refractivity contribution is 0.755. The Morgan fingerprint density at radius 1 is 1.29 bits per heavy atom. The zero-order valence-corrected chi connectivity index (χ0v) is 10.4. The van der Waals surface area contributed by atoms with Gasteiger partial charge in [0, 0.05) is 0 Å². The molecule has 6 heteroatoms. The largest absolute Gasteiger partial charge is 0.215 e. The van der Waals surface area contributed by atoms with Gasteiger partial charge in [0.2, 0.25) is 5.16 Å². The van der Waals surface area contributed by atoms with E-state index in [1.54, 1.807) is 4.68 Å². The van der Waals surface area contributed by atoms with Crippen LogP contribution in [0.1, 0.15) is 11.1 Å². The van der Waals surface area contributed by atoms with Crippen molar-refractivity contribution in [1.82, 2.24) is 20.2 Å². The third-order valence-electron chi connectivity index (χ3n) is 2.16. The number of thioether (sulfide) groups is 1. The fourth-order valence-electron chi connectivity index (χ4n) is 1.60. The molecule has 86 valence electrons. The zero-order chi connectivity index (χ0) is 12.3. The zero-order valence-electron chi connectivity index (χ0n) is 9.58. The van der Waals surface area contributed by atoms with Crippen molar-refractivity contribution in [2.45, 2.75) is 19.0 Å². The van der Waals surface area contributed by atoms with Crippen molar-refractivity contribution in [2.75, 3.05) is 5.75 Å². The second kappa shape index (κ2) is 4.97. The summed E-state index contributed by atoms with van der Waals surface area (Å²) in [6.07, 6.45) is 0. The minimum absolute atomic E-state index is 0.338. The monoisotopic (exact) mass is 245 g/mol. The Morgan fingerprint density at radius 3 is 2.65 bits per heavy atom. The van der Waals surface area contributed by atoms with Gasteiger partial charge in [0.1, 0.15) is 0 Å². The Morgan fingerprint density at radius 2 is 2.00 bits per heavy atom. The predicted molar refractivity (Wildman–Crippen MR) is 65.0 cm³/mol. The van der Waals surface area contributed by atoms with Crippen molar-refractivity contribution in [2.24, 2.45) is 0 Å². The van der Waals surface area contributed by atoms with E-state index in [1.165, 1.54) is 11.8 Å². The molecule has 0 radical (unpaired) electrons. The highest BCUT2D eigenvalue weighted by Crippen LogP contribution is 2.19. The van der Waals surface area contributed by atoms with Crippen LogP contribution in [0.15, 0.2) is 23.4 Å². The number of nitrogens with zero attached hydrogens (tertiary/aromatic N) is 5. The van der Waals surface area contributed by atoms with Gasteiger partial charge in [0.05, 0.1) is 17.5 Å². The number of tetrazole rings is 1. The highest BCUT2D eigenvalue weighted by molar-refractivity contribution is 7.99. The molecule has 0 aliphatic carbocycles. The van der Waals surface area contributed by atoms with E-state index in [9.17, 15) is 0 Å². The molecule has 2 aromatic rings. The SMILES string of the molecule is Cc1cc(C)cc(-n2nnnc2SCC#N)c1. The molecule has 17 heavy (non-hydrogen) atoms. The normalized spacial score (nSPS) is 10.2. The van der Waals surface area contributed by atoms with E-state index in [0.29, 0.717) is 10.9 Å². The Labute approximate surface area is 103 Å². The van der Waals surface area contributed by atoms with Crippen LogP contribution in [-0.4, -0.2) is 26.0 Å². The highest BCUT2D eigenvalue weighted by Gasteiger charge is 2.09. The number of hydrogen-bond acceptors (Lipinski definition) is 5. The third kappa shape index (κ3) is 2.63. The number of aromatic nitrogens is 4. The number of nitriles is 1. The number of rotatable bonds is 3. The van der Waals surface area contributed by atoms with Crippen LogP contribution in [-0.2, 0) is 0 Å². The summed E-state index contributed by atoms with van der Waals surface area (Å²) in [5.74, 6) is 0.338. The van der Waals surface area contributed by atoms with Crippen molar-refractivity contribution in [3.63, 3.8) is 0 Å². The Bertz CT molecular complexity index is 549. The molecule has 1 heterocycles. The molecule has 0 saturated heterocycles. The standard InChI is InChI=1S/C11H11N5S/c1-8-5-9(2)7-10(6-8)16-11(13-14-15-16)17-4-3-12/h5-7H,4H2,1-2H3. The van der Waals surface area contributed by atoms with Gasteiger partial charge in [0.25, 0.3) is 0 Å². The van der Waals surface area contributed by atoms with Gasteiger partial charge in [0.15, 0.2) is 0 Å². The Hall–Kier alpha value is -1.87. The molecule has 0 aliphatic rings. The molecule has 0 unspecified atom stereocenters. The summed E-state index contributed by atoms with van der Waals surface area (Å²) < 4.78 is 1.65. The average molecular weight is 245 g/mol. The molecule has 0 bridgehead atoms. The van der Waals surface area contributed by atoms with Gasteiger partial charge in [-0.15, -0.1) is 5.10 Å². The summed E-state index contributed by atoms with van der Waals surface area (Å²) in [6, 6.07) is 8.18. The van der Waals surface area contributed by atoms with E-state index in [-0.39, 0.29) is 0 Å². The van der Waals surface area contributed by atoms with E-state index >= 15 is 0 Å². The minimum atomic E-state index is 0.338. The first kappa shape index (κ1) is 11.6. The molecule has 2 rings (SSSR count). The van der Waals surface area contributed by atoms with Crippen LogP contribution in [0.4, 0.5) is 0 Å². The molecular formula is C11H11N5S. The van der Waals surface area contributed by atoms with Crippen molar-refractivity contribution in [3.05, 3.63) is 29.3 Å². The molecule has 0 atom stereocenters.